The molecule has 0 saturated heterocycles. The van der Waals surface area contributed by atoms with Crippen LogP contribution in [0.4, 0.5) is 0 Å². The second-order valence-corrected chi connectivity index (χ2v) is 19.2. The number of benzene rings is 6. The molecule has 0 spiro atoms. The van der Waals surface area contributed by atoms with E-state index in [0.29, 0.717) is 11.1 Å². The maximum Gasteiger partial charge on any atom is 0.193 e. The molecular formula is C53H58O. The van der Waals surface area contributed by atoms with Crippen LogP contribution in [0.3, 0.4) is 0 Å². The Kier molecular flexibility index (Phi) is 10.3. The molecule has 0 N–H and O–H groups in total. The van der Waals surface area contributed by atoms with Crippen LogP contribution >= 0.6 is 0 Å². The molecule has 0 atom stereocenters. The zero-order chi connectivity index (χ0) is 39.2. The molecule has 6 aromatic carbocycles. The van der Waals surface area contributed by atoms with Gasteiger partial charge in [-0.05, 0) is 125 Å². The average molecular weight is 711 g/mol. The summed E-state index contributed by atoms with van der Waals surface area (Å²) in [6.45, 7) is 26.8. The van der Waals surface area contributed by atoms with Gasteiger partial charge in [0.1, 0.15) is 0 Å². The van der Waals surface area contributed by atoms with Gasteiger partial charge in [0, 0.05) is 11.1 Å². The van der Waals surface area contributed by atoms with E-state index in [4.69, 9.17) is 0 Å². The van der Waals surface area contributed by atoms with E-state index in [1.54, 1.807) is 0 Å². The first-order valence-corrected chi connectivity index (χ1v) is 19.5. The van der Waals surface area contributed by atoms with Crippen LogP contribution < -0.4 is 0 Å². The molecule has 0 radical (unpaired) electrons. The van der Waals surface area contributed by atoms with Crippen molar-refractivity contribution in [2.75, 3.05) is 0 Å². The minimum atomic E-state index is 0.0106. The highest BCUT2D eigenvalue weighted by Gasteiger charge is 2.20. The molecule has 6 aromatic rings. The van der Waals surface area contributed by atoms with Crippen molar-refractivity contribution in [2.24, 2.45) is 0 Å². The van der Waals surface area contributed by atoms with Crippen molar-refractivity contribution in [3.63, 3.8) is 0 Å². The molecule has 0 amide bonds. The topological polar surface area (TPSA) is 17.1 Å². The molecule has 54 heavy (non-hydrogen) atoms. The normalized spacial score (nSPS) is 12.5. The average Bonchev–Trinajstić information content (AvgIpc) is 3.13. The van der Waals surface area contributed by atoms with E-state index in [9.17, 15) is 4.79 Å². The summed E-state index contributed by atoms with van der Waals surface area (Å²) in [5.74, 6) is 0.0106. The Morgan fingerprint density at radius 2 is 0.463 bits per heavy atom. The van der Waals surface area contributed by atoms with Crippen molar-refractivity contribution in [3.8, 4) is 44.5 Å². The Hall–Kier alpha value is -5.01. The van der Waals surface area contributed by atoms with Gasteiger partial charge in [-0.25, -0.2) is 0 Å². The lowest BCUT2D eigenvalue weighted by Crippen LogP contribution is -2.10. The van der Waals surface area contributed by atoms with Crippen LogP contribution in [-0.2, 0) is 21.7 Å². The third kappa shape index (κ3) is 8.68. The molecule has 1 nitrogen and oxygen atoms in total. The highest BCUT2D eigenvalue weighted by molar-refractivity contribution is 6.11. The summed E-state index contributed by atoms with van der Waals surface area (Å²) >= 11 is 0. The molecule has 0 bridgehead atoms. The van der Waals surface area contributed by atoms with Gasteiger partial charge in [-0.3, -0.25) is 4.79 Å². The van der Waals surface area contributed by atoms with Gasteiger partial charge in [-0.2, -0.15) is 0 Å². The van der Waals surface area contributed by atoms with Gasteiger partial charge in [0.15, 0.2) is 5.78 Å². The molecule has 6 rings (SSSR count). The maximum absolute atomic E-state index is 14.9. The Labute approximate surface area is 325 Å². The molecule has 0 aliphatic heterocycles. The van der Waals surface area contributed by atoms with Crippen molar-refractivity contribution in [1.82, 2.24) is 0 Å². The Morgan fingerprint density at radius 3 is 0.630 bits per heavy atom. The van der Waals surface area contributed by atoms with Crippen molar-refractivity contribution in [2.45, 2.75) is 105 Å². The predicted octanol–water partition coefficient (Wildman–Crippen LogP) is 14.8. The summed E-state index contributed by atoms with van der Waals surface area (Å²) < 4.78 is 0. The third-order valence-electron chi connectivity index (χ3n) is 10.7. The molecule has 0 saturated carbocycles. The quantitative estimate of drug-likeness (QED) is 0.157. The highest BCUT2D eigenvalue weighted by atomic mass is 16.1. The summed E-state index contributed by atoms with van der Waals surface area (Å²) in [7, 11) is 0. The van der Waals surface area contributed by atoms with E-state index >= 15 is 0 Å². The summed E-state index contributed by atoms with van der Waals surface area (Å²) in [6, 6.07) is 48.0. The standard InChI is InChI=1S/C53H58O/c1-50(2,3)45-21-13-35(14-22-45)39-29-40(36-15-23-46(24-16-36)51(4,5)6)32-43(31-39)49(54)44-33-41(37-17-25-47(26-18-37)52(7,8)9)30-42(34-44)38-19-27-48(28-20-38)53(10,11)12/h13-34H,1-12H3. The predicted molar refractivity (Wildman–Crippen MR) is 233 cm³/mol. The van der Waals surface area contributed by atoms with Gasteiger partial charge in [0.25, 0.3) is 0 Å². The van der Waals surface area contributed by atoms with Crippen molar-refractivity contribution >= 4 is 5.78 Å². The molecular weight excluding hydrogens is 653 g/mol. The van der Waals surface area contributed by atoms with Crippen molar-refractivity contribution in [1.29, 1.82) is 0 Å². The fourth-order valence-electron chi connectivity index (χ4n) is 7.00. The zero-order valence-electron chi connectivity index (χ0n) is 34.6. The first-order valence-electron chi connectivity index (χ1n) is 19.5. The molecule has 276 valence electrons. The van der Waals surface area contributed by atoms with Gasteiger partial charge in [-0.1, -0.05) is 180 Å². The van der Waals surface area contributed by atoms with Crippen LogP contribution in [0.2, 0.25) is 0 Å². The Balaban J connectivity index is 1.50. The molecule has 0 heterocycles. The summed E-state index contributed by atoms with van der Waals surface area (Å²) in [5, 5.41) is 0. The van der Waals surface area contributed by atoms with E-state index in [1.807, 2.05) is 0 Å². The molecule has 0 unspecified atom stereocenters. The third-order valence-corrected chi connectivity index (χ3v) is 10.7. The van der Waals surface area contributed by atoms with Crippen LogP contribution in [-0.4, -0.2) is 5.78 Å². The van der Waals surface area contributed by atoms with Crippen LogP contribution in [0.25, 0.3) is 44.5 Å². The smallest absolute Gasteiger partial charge is 0.193 e. The van der Waals surface area contributed by atoms with Gasteiger partial charge in [-0.15, -0.1) is 0 Å². The summed E-state index contributed by atoms with van der Waals surface area (Å²) in [6.07, 6.45) is 0. The number of ketones is 1. The molecule has 0 aliphatic rings. The minimum absolute atomic E-state index is 0.0106. The summed E-state index contributed by atoms with van der Waals surface area (Å²) in [4.78, 5) is 14.9. The Bertz CT molecular complexity index is 1940. The second kappa shape index (κ2) is 14.3. The first kappa shape index (κ1) is 38.7. The van der Waals surface area contributed by atoms with Gasteiger partial charge in [0.2, 0.25) is 0 Å². The number of rotatable bonds is 6. The van der Waals surface area contributed by atoms with Gasteiger partial charge < -0.3 is 0 Å². The summed E-state index contributed by atoms with van der Waals surface area (Å²) in [5.41, 5.74) is 15.2. The monoisotopic (exact) mass is 710 g/mol. The van der Waals surface area contributed by atoms with E-state index in [0.717, 1.165) is 44.5 Å². The van der Waals surface area contributed by atoms with Crippen molar-refractivity contribution < 1.29 is 4.79 Å². The van der Waals surface area contributed by atoms with Crippen LogP contribution in [0.1, 0.15) is 121 Å². The van der Waals surface area contributed by atoms with Crippen LogP contribution in [0.15, 0.2) is 133 Å². The minimum Gasteiger partial charge on any atom is -0.289 e. The Morgan fingerprint density at radius 1 is 0.278 bits per heavy atom. The zero-order valence-corrected chi connectivity index (χ0v) is 34.6. The highest BCUT2D eigenvalue weighted by Crippen LogP contribution is 2.36. The lowest BCUT2D eigenvalue weighted by Gasteiger charge is -2.20. The first-order chi connectivity index (χ1) is 25.2. The van der Waals surface area contributed by atoms with Crippen molar-refractivity contribution in [3.05, 3.63) is 167 Å². The fraction of sp³-hybridized carbons (Fsp3) is 0.302. The van der Waals surface area contributed by atoms with E-state index < -0.39 is 0 Å². The fourth-order valence-corrected chi connectivity index (χ4v) is 7.00. The molecule has 1 heteroatoms. The number of hydrogen-bond acceptors (Lipinski definition) is 1. The maximum atomic E-state index is 14.9. The van der Waals surface area contributed by atoms with Gasteiger partial charge >= 0.3 is 0 Å². The molecule has 0 fully saturated rings. The number of carbonyl (C=O) groups excluding carboxylic acids is 1. The SMILES string of the molecule is CC(C)(C)c1ccc(-c2cc(C(=O)c3cc(-c4ccc(C(C)(C)C)cc4)cc(-c4ccc(C(C)(C)C)cc4)c3)cc(-c3ccc(C(C)(C)C)cc3)c2)cc1. The van der Waals surface area contributed by atoms with Crippen LogP contribution in [0.5, 0.6) is 0 Å². The van der Waals surface area contributed by atoms with E-state index in [1.165, 1.54) is 22.3 Å². The largest absolute Gasteiger partial charge is 0.289 e. The number of hydrogen-bond donors (Lipinski definition) is 0. The number of carbonyl (C=O) groups is 1. The lowest BCUT2D eigenvalue weighted by atomic mass is 9.84. The van der Waals surface area contributed by atoms with E-state index in [2.05, 4.69) is 217 Å². The van der Waals surface area contributed by atoms with Gasteiger partial charge in [0.05, 0.1) is 0 Å². The van der Waals surface area contributed by atoms with E-state index in [-0.39, 0.29) is 27.4 Å². The second-order valence-electron chi connectivity index (χ2n) is 19.2. The lowest BCUT2D eigenvalue weighted by molar-refractivity contribution is 0.103. The molecule has 0 aliphatic carbocycles. The van der Waals surface area contributed by atoms with Crippen LogP contribution in [0, 0.1) is 0 Å². The molecule has 0 aromatic heterocycles.